The minimum Gasteiger partial charge on any atom is -0.349 e. The van der Waals surface area contributed by atoms with Crippen LogP contribution in [0.4, 0.5) is 10.5 Å². The molecule has 5 nitrogen and oxygen atoms in total. The Balaban J connectivity index is 1.43. The summed E-state index contributed by atoms with van der Waals surface area (Å²) >= 11 is 0. The van der Waals surface area contributed by atoms with Crippen LogP contribution in [0.1, 0.15) is 54.9 Å². The number of carbonyl (C=O) groups excluding carboxylic acids is 2. The van der Waals surface area contributed by atoms with Gasteiger partial charge in [-0.05, 0) is 62.3 Å². The number of fused-ring (bicyclic) bond motifs is 2. The normalized spacial score (nSPS) is 23.3. The van der Waals surface area contributed by atoms with Crippen molar-refractivity contribution >= 4 is 17.6 Å². The van der Waals surface area contributed by atoms with E-state index in [1.54, 1.807) is 0 Å². The molecule has 0 spiro atoms. The van der Waals surface area contributed by atoms with Crippen molar-refractivity contribution in [1.29, 1.82) is 0 Å². The molecular weight excluding hydrogens is 362 g/mol. The highest BCUT2D eigenvalue weighted by Crippen LogP contribution is 2.35. The maximum Gasteiger partial charge on any atom is 0.322 e. The van der Waals surface area contributed by atoms with Crippen molar-refractivity contribution in [2.75, 3.05) is 5.32 Å². The van der Waals surface area contributed by atoms with E-state index < -0.39 is 0 Å². The van der Waals surface area contributed by atoms with Gasteiger partial charge in [0.25, 0.3) is 5.91 Å². The summed E-state index contributed by atoms with van der Waals surface area (Å²) < 4.78 is 0. The van der Waals surface area contributed by atoms with Crippen LogP contribution in [0.5, 0.6) is 0 Å². The summed E-state index contributed by atoms with van der Waals surface area (Å²) in [6, 6.07) is 17.8. The molecule has 4 rings (SSSR count). The molecule has 2 aliphatic rings. The van der Waals surface area contributed by atoms with E-state index in [0.29, 0.717) is 5.56 Å². The largest absolute Gasteiger partial charge is 0.349 e. The first-order valence-electron chi connectivity index (χ1n) is 10.7. The average molecular weight is 392 g/mol. The SMILES string of the molecule is CCc1ccccc1NC(=O)N1[C@@H]2CCC[C@H]1CC(NC(=O)c1ccccc1)C2. The zero-order valence-corrected chi connectivity index (χ0v) is 16.9. The van der Waals surface area contributed by atoms with E-state index in [9.17, 15) is 9.59 Å². The van der Waals surface area contributed by atoms with Gasteiger partial charge in [0.15, 0.2) is 0 Å². The molecule has 0 saturated carbocycles. The monoisotopic (exact) mass is 391 g/mol. The lowest BCUT2D eigenvalue weighted by atomic mass is 9.82. The van der Waals surface area contributed by atoms with Crippen molar-refractivity contribution in [3.63, 3.8) is 0 Å². The van der Waals surface area contributed by atoms with Crippen LogP contribution in [0.15, 0.2) is 54.6 Å². The van der Waals surface area contributed by atoms with Crippen molar-refractivity contribution < 1.29 is 9.59 Å². The highest BCUT2D eigenvalue weighted by Gasteiger charge is 2.41. The number of anilines is 1. The maximum absolute atomic E-state index is 13.1. The van der Waals surface area contributed by atoms with Crippen LogP contribution < -0.4 is 10.6 Å². The molecular formula is C24H29N3O2. The van der Waals surface area contributed by atoms with Crippen LogP contribution in [0.25, 0.3) is 0 Å². The minimum absolute atomic E-state index is 0.00608. The van der Waals surface area contributed by atoms with E-state index in [1.165, 1.54) is 0 Å². The Morgan fingerprint density at radius 1 is 0.966 bits per heavy atom. The Kier molecular flexibility index (Phi) is 5.84. The predicted molar refractivity (Wildman–Crippen MR) is 115 cm³/mol. The van der Waals surface area contributed by atoms with Crippen molar-refractivity contribution in [1.82, 2.24) is 10.2 Å². The average Bonchev–Trinajstić information content (AvgIpc) is 2.74. The third-order valence-corrected chi connectivity index (χ3v) is 6.22. The second-order valence-corrected chi connectivity index (χ2v) is 8.09. The van der Waals surface area contributed by atoms with Crippen LogP contribution in [-0.4, -0.2) is 35.0 Å². The Hall–Kier alpha value is -2.82. The number of urea groups is 1. The number of nitrogens with zero attached hydrogens (tertiary/aromatic N) is 1. The summed E-state index contributed by atoms with van der Waals surface area (Å²) in [6.07, 6.45) is 5.66. The maximum atomic E-state index is 13.1. The van der Waals surface area contributed by atoms with E-state index in [1.807, 2.05) is 53.4 Å². The van der Waals surface area contributed by atoms with Gasteiger partial charge in [-0.25, -0.2) is 4.79 Å². The van der Waals surface area contributed by atoms with Crippen LogP contribution in [0.3, 0.4) is 0 Å². The molecule has 2 aromatic carbocycles. The quantitative estimate of drug-likeness (QED) is 0.800. The number of hydrogen-bond donors (Lipinski definition) is 2. The summed E-state index contributed by atoms with van der Waals surface area (Å²) in [5.41, 5.74) is 2.74. The third kappa shape index (κ3) is 4.29. The van der Waals surface area contributed by atoms with Gasteiger partial charge < -0.3 is 15.5 Å². The molecule has 2 aromatic rings. The molecule has 0 aliphatic carbocycles. The second kappa shape index (κ2) is 8.68. The first-order chi connectivity index (χ1) is 14.2. The van der Waals surface area contributed by atoms with Gasteiger partial charge in [0.05, 0.1) is 0 Å². The van der Waals surface area contributed by atoms with Gasteiger partial charge in [-0.3, -0.25) is 4.79 Å². The van der Waals surface area contributed by atoms with Gasteiger partial charge >= 0.3 is 6.03 Å². The lowest BCUT2D eigenvalue weighted by molar-refractivity contribution is 0.0577. The van der Waals surface area contributed by atoms with Gasteiger partial charge in [-0.1, -0.05) is 43.3 Å². The van der Waals surface area contributed by atoms with Gasteiger partial charge in [-0.2, -0.15) is 0 Å². The fourth-order valence-electron chi connectivity index (χ4n) is 4.82. The van der Waals surface area contributed by atoms with Gasteiger partial charge in [-0.15, -0.1) is 0 Å². The summed E-state index contributed by atoms with van der Waals surface area (Å²) in [4.78, 5) is 27.7. The molecule has 3 atom stereocenters. The van der Waals surface area contributed by atoms with Gasteiger partial charge in [0.1, 0.15) is 0 Å². The smallest absolute Gasteiger partial charge is 0.322 e. The number of carbonyl (C=O) groups is 2. The zero-order chi connectivity index (χ0) is 20.2. The van der Waals surface area contributed by atoms with E-state index in [4.69, 9.17) is 0 Å². The molecule has 1 unspecified atom stereocenters. The molecule has 2 fully saturated rings. The van der Waals surface area contributed by atoms with Crippen LogP contribution in [0.2, 0.25) is 0 Å². The van der Waals surface area contributed by atoms with E-state index >= 15 is 0 Å². The molecule has 2 N–H and O–H groups in total. The lowest BCUT2D eigenvalue weighted by Crippen LogP contribution is -2.59. The fourth-order valence-corrected chi connectivity index (χ4v) is 4.82. The predicted octanol–water partition coefficient (Wildman–Crippen LogP) is 4.60. The zero-order valence-electron chi connectivity index (χ0n) is 16.9. The lowest BCUT2D eigenvalue weighted by Gasteiger charge is -2.48. The third-order valence-electron chi connectivity index (χ3n) is 6.22. The van der Waals surface area contributed by atoms with Crippen LogP contribution in [0, 0.1) is 0 Å². The van der Waals surface area contributed by atoms with E-state index in [-0.39, 0.29) is 30.1 Å². The highest BCUT2D eigenvalue weighted by atomic mass is 16.2. The molecule has 3 amide bonds. The number of rotatable bonds is 4. The standard InChI is InChI=1S/C24H29N3O2/c1-2-17-9-6-7-14-22(17)26-24(29)27-20-12-8-13-21(27)16-19(15-20)25-23(28)18-10-4-3-5-11-18/h3-7,9-11,14,19-21H,2,8,12-13,15-16H2,1H3,(H,25,28)(H,26,29)/t19?,20-,21+. The van der Waals surface area contributed by atoms with E-state index in [0.717, 1.165) is 49.8 Å². The number of nitrogens with one attached hydrogen (secondary N) is 2. The van der Waals surface area contributed by atoms with Crippen molar-refractivity contribution in [3.8, 4) is 0 Å². The molecule has 5 heteroatoms. The first-order valence-corrected chi connectivity index (χ1v) is 10.7. The molecule has 152 valence electrons. The first kappa shape index (κ1) is 19.5. The molecule has 0 radical (unpaired) electrons. The number of hydrogen-bond acceptors (Lipinski definition) is 2. The van der Waals surface area contributed by atoms with E-state index in [2.05, 4.69) is 23.6 Å². The number of amides is 3. The van der Waals surface area contributed by atoms with Crippen LogP contribution in [-0.2, 0) is 6.42 Å². The highest BCUT2D eigenvalue weighted by molar-refractivity contribution is 5.94. The number of piperidine rings is 2. The fraction of sp³-hybridized carbons (Fsp3) is 0.417. The van der Waals surface area contributed by atoms with Crippen LogP contribution >= 0.6 is 0 Å². The number of benzene rings is 2. The van der Waals surface area contributed by atoms with Crippen molar-refractivity contribution in [2.45, 2.75) is 63.6 Å². The Labute approximate surface area is 172 Å². The Bertz CT molecular complexity index is 853. The number of aryl methyl sites for hydroxylation is 1. The topological polar surface area (TPSA) is 61.4 Å². The van der Waals surface area contributed by atoms with Gasteiger partial charge in [0, 0.05) is 29.4 Å². The Morgan fingerprint density at radius 3 is 2.31 bits per heavy atom. The van der Waals surface area contributed by atoms with Gasteiger partial charge in [0.2, 0.25) is 0 Å². The summed E-state index contributed by atoms with van der Waals surface area (Å²) in [5.74, 6) is -0.0246. The molecule has 2 heterocycles. The molecule has 2 aliphatic heterocycles. The Morgan fingerprint density at radius 2 is 1.62 bits per heavy atom. The number of para-hydroxylation sites is 1. The van der Waals surface area contributed by atoms with Crippen molar-refractivity contribution in [3.05, 3.63) is 65.7 Å². The summed E-state index contributed by atoms with van der Waals surface area (Å²) in [6.45, 7) is 2.10. The molecule has 2 saturated heterocycles. The summed E-state index contributed by atoms with van der Waals surface area (Å²) in [7, 11) is 0. The molecule has 2 bridgehead atoms. The molecule has 0 aromatic heterocycles. The summed E-state index contributed by atoms with van der Waals surface area (Å²) in [5, 5.41) is 6.33. The minimum atomic E-state index is -0.0246. The molecule has 29 heavy (non-hydrogen) atoms. The van der Waals surface area contributed by atoms with Crippen molar-refractivity contribution in [2.24, 2.45) is 0 Å². The second-order valence-electron chi connectivity index (χ2n) is 8.09.